The SMILES string of the molecule is C[Si]C.[C-]1=Cc2ccccc2C1C1C=Cc2ccccc21.[Cl][Zr][Cl]. The van der Waals surface area contributed by atoms with Gasteiger partial charge in [-0.1, -0.05) is 73.6 Å². The van der Waals surface area contributed by atoms with Crippen molar-refractivity contribution in [1.82, 2.24) is 0 Å². The number of benzene rings is 2. The molecule has 0 N–H and O–H groups in total. The third-order valence-corrected chi connectivity index (χ3v) is 3.95. The third kappa shape index (κ3) is 4.82. The minimum atomic E-state index is -0.826. The fourth-order valence-corrected chi connectivity index (χ4v) is 3.06. The average Bonchev–Trinajstić information content (AvgIpc) is 3.20. The Morgan fingerprint density at radius 3 is 2.12 bits per heavy atom. The normalized spacial score (nSPS) is 18.7. The summed E-state index contributed by atoms with van der Waals surface area (Å²) in [7, 11) is 11.0. The van der Waals surface area contributed by atoms with Crippen molar-refractivity contribution in [1.29, 1.82) is 0 Å². The monoisotopic (exact) mass is 447 g/mol. The van der Waals surface area contributed by atoms with E-state index in [1.807, 2.05) is 0 Å². The van der Waals surface area contributed by atoms with E-state index in [4.69, 9.17) is 17.0 Å². The van der Waals surface area contributed by atoms with Crippen LogP contribution >= 0.6 is 17.0 Å². The summed E-state index contributed by atoms with van der Waals surface area (Å²) >= 11 is -0.826. The number of fused-ring (bicyclic) bond motifs is 2. The topological polar surface area (TPSA) is 0 Å². The quantitative estimate of drug-likeness (QED) is 0.341. The van der Waals surface area contributed by atoms with E-state index in [0.29, 0.717) is 11.8 Å². The Labute approximate surface area is 166 Å². The Kier molecular flexibility index (Phi) is 8.76. The van der Waals surface area contributed by atoms with Crippen molar-refractivity contribution >= 4 is 38.7 Å². The van der Waals surface area contributed by atoms with Gasteiger partial charge in [-0.2, -0.15) is 5.56 Å². The van der Waals surface area contributed by atoms with Crippen LogP contribution in [0.5, 0.6) is 0 Å². The van der Waals surface area contributed by atoms with Gasteiger partial charge in [0.15, 0.2) is 0 Å². The third-order valence-electron chi connectivity index (χ3n) is 3.95. The van der Waals surface area contributed by atoms with Crippen molar-refractivity contribution in [3.8, 4) is 0 Å². The second kappa shape index (κ2) is 10.6. The summed E-state index contributed by atoms with van der Waals surface area (Å²) in [5.41, 5.74) is 5.51. The molecule has 2 aromatic carbocycles. The summed E-state index contributed by atoms with van der Waals surface area (Å²) in [6.07, 6.45) is 10.2. The zero-order valence-electron chi connectivity index (χ0n) is 13.8. The Hall–Kier alpha value is -0.400. The first-order valence-electron chi connectivity index (χ1n) is 7.76. The van der Waals surface area contributed by atoms with E-state index in [-0.39, 0.29) is 0 Å². The molecule has 0 aliphatic heterocycles. The Bertz CT molecular complexity index is 651. The van der Waals surface area contributed by atoms with Gasteiger partial charge in [0.2, 0.25) is 0 Å². The van der Waals surface area contributed by atoms with E-state index in [0.717, 1.165) is 9.52 Å². The number of hydrogen-bond acceptors (Lipinski definition) is 0. The average molecular weight is 450 g/mol. The van der Waals surface area contributed by atoms with Crippen LogP contribution in [-0.4, -0.2) is 9.52 Å². The molecule has 0 spiro atoms. The molecular weight excluding hydrogens is 430 g/mol. The standard InChI is InChI=1S/C18H13.C2H6Si.2ClH.Zr/c1-3-7-15-13(5-1)9-11-17(15)18-12-10-14-6-2-4-8-16(14)18;1-3-2;;;/h1-11,17-18H;1-2H3;2*1H;/q-1;;;;+2/p-2. The summed E-state index contributed by atoms with van der Waals surface area (Å²) in [5.74, 6) is 0.821. The molecule has 0 saturated heterocycles. The molecule has 0 saturated carbocycles. The van der Waals surface area contributed by atoms with Crippen molar-refractivity contribution in [2.45, 2.75) is 24.9 Å². The summed E-state index contributed by atoms with van der Waals surface area (Å²) in [6.45, 7) is 4.31. The van der Waals surface area contributed by atoms with Gasteiger partial charge in [-0.05, 0) is 17.0 Å². The first-order chi connectivity index (χ1) is 11.8. The first kappa shape index (κ1) is 19.9. The molecule has 24 heavy (non-hydrogen) atoms. The van der Waals surface area contributed by atoms with E-state index in [2.05, 4.69) is 85.9 Å². The molecule has 0 amide bonds. The molecule has 0 bridgehead atoms. The zero-order chi connectivity index (χ0) is 17.4. The van der Waals surface area contributed by atoms with Gasteiger partial charge in [-0.25, -0.2) is 6.08 Å². The van der Waals surface area contributed by atoms with Crippen LogP contribution in [0.25, 0.3) is 12.2 Å². The predicted octanol–water partition coefficient (Wildman–Crippen LogP) is 6.57. The van der Waals surface area contributed by atoms with Gasteiger partial charge in [-0.3, -0.25) is 6.08 Å². The minimum absolute atomic E-state index is 0.376. The van der Waals surface area contributed by atoms with Crippen LogP contribution < -0.4 is 0 Å². The van der Waals surface area contributed by atoms with Gasteiger partial charge >= 0.3 is 37.9 Å². The van der Waals surface area contributed by atoms with Crippen molar-refractivity contribution in [3.63, 3.8) is 0 Å². The molecule has 2 atom stereocenters. The van der Waals surface area contributed by atoms with E-state index in [1.54, 1.807) is 0 Å². The maximum atomic E-state index is 4.93. The molecule has 4 rings (SSSR count). The van der Waals surface area contributed by atoms with E-state index >= 15 is 0 Å². The number of rotatable bonds is 1. The van der Waals surface area contributed by atoms with Crippen LogP contribution in [0, 0.1) is 6.08 Å². The summed E-state index contributed by atoms with van der Waals surface area (Å²) < 4.78 is 0. The van der Waals surface area contributed by atoms with Crippen molar-refractivity contribution < 1.29 is 20.8 Å². The van der Waals surface area contributed by atoms with E-state index in [9.17, 15) is 0 Å². The molecule has 4 heteroatoms. The number of hydrogen-bond donors (Lipinski definition) is 0. The molecule has 2 unspecified atom stereocenters. The first-order valence-corrected chi connectivity index (χ1v) is 16.1. The van der Waals surface area contributed by atoms with E-state index in [1.165, 1.54) is 22.3 Å². The molecule has 0 aromatic heterocycles. The fraction of sp³-hybridized carbons (Fsp3) is 0.200. The van der Waals surface area contributed by atoms with Crippen LogP contribution in [0.2, 0.25) is 13.1 Å². The maximum absolute atomic E-state index is 4.93. The molecule has 0 heterocycles. The van der Waals surface area contributed by atoms with Crippen LogP contribution in [0.3, 0.4) is 0 Å². The molecule has 2 radical (unpaired) electrons. The van der Waals surface area contributed by atoms with Crippen LogP contribution in [0.15, 0.2) is 54.6 Å². The van der Waals surface area contributed by atoms with Gasteiger partial charge in [0, 0.05) is 9.52 Å². The Balaban J connectivity index is 0.000000308. The molecule has 0 fully saturated rings. The van der Waals surface area contributed by atoms with Gasteiger partial charge < -0.3 is 0 Å². The van der Waals surface area contributed by atoms with Gasteiger partial charge in [0.1, 0.15) is 0 Å². The Morgan fingerprint density at radius 2 is 1.46 bits per heavy atom. The zero-order valence-corrected chi connectivity index (χ0v) is 18.7. The molecule has 2 aromatic rings. The summed E-state index contributed by atoms with van der Waals surface area (Å²) in [6, 6.07) is 17.3. The summed E-state index contributed by atoms with van der Waals surface area (Å²) in [5, 5.41) is 0. The summed E-state index contributed by atoms with van der Waals surface area (Å²) in [4.78, 5) is 0. The van der Waals surface area contributed by atoms with Gasteiger partial charge in [0.25, 0.3) is 0 Å². The van der Waals surface area contributed by atoms with Crippen LogP contribution in [0.4, 0.5) is 0 Å². The van der Waals surface area contributed by atoms with Crippen LogP contribution in [0.1, 0.15) is 34.1 Å². The van der Waals surface area contributed by atoms with Crippen LogP contribution in [-0.2, 0) is 20.8 Å². The van der Waals surface area contributed by atoms with Crippen molar-refractivity contribution in [2.24, 2.45) is 0 Å². The Morgan fingerprint density at radius 1 is 0.917 bits per heavy atom. The second-order valence-corrected chi connectivity index (χ2v) is 10.2. The molecule has 2 aliphatic carbocycles. The number of halogens is 2. The molecule has 122 valence electrons. The van der Waals surface area contributed by atoms with Gasteiger partial charge in [0.05, 0.1) is 0 Å². The number of allylic oxidation sites excluding steroid dienone is 2. The van der Waals surface area contributed by atoms with Gasteiger partial charge in [-0.15, -0.1) is 11.6 Å². The fourth-order valence-electron chi connectivity index (χ4n) is 3.06. The van der Waals surface area contributed by atoms with Crippen molar-refractivity contribution in [3.05, 3.63) is 82.9 Å². The molecule has 0 nitrogen and oxygen atoms in total. The molecular formula is C20H19Cl2SiZr-. The second-order valence-electron chi connectivity index (χ2n) is 5.50. The molecule has 2 aliphatic rings. The van der Waals surface area contributed by atoms with E-state index < -0.39 is 20.8 Å². The van der Waals surface area contributed by atoms with Crippen molar-refractivity contribution in [2.75, 3.05) is 0 Å². The predicted molar refractivity (Wildman–Crippen MR) is 104 cm³/mol.